The fraction of sp³-hybridized carbons (Fsp3) is 0.417. The van der Waals surface area contributed by atoms with E-state index in [0.717, 1.165) is 6.07 Å². The van der Waals surface area contributed by atoms with Crippen LogP contribution in [0, 0.1) is 11.6 Å². The lowest BCUT2D eigenvalue weighted by atomic mass is 10.1. The molecule has 1 N–H and O–H groups in total. The molecule has 0 aliphatic carbocycles. The van der Waals surface area contributed by atoms with Crippen molar-refractivity contribution >= 4 is 5.91 Å². The van der Waals surface area contributed by atoms with Crippen LogP contribution in [0.5, 0.6) is 0 Å². The summed E-state index contributed by atoms with van der Waals surface area (Å²) in [7, 11) is 1.51. The van der Waals surface area contributed by atoms with Gasteiger partial charge in [-0.05, 0) is 13.0 Å². The first-order valence-corrected chi connectivity index (χ1v) is 5.26. The maximum absolute atomic E-state index is 13.3. The van der Waals surface area contributed by atoms with Crippen molar-refractivity contribution < 1.29 is 18.7 Å². The number of rotatable bonds is 4. The molecular weight excluding hydrogens is 228 g/mol. The van der Waals surface area contributed by atoms with Gasteiger partial charge in [0.1, 0.15) is 0 Å². The van der Waals surface area contributed by atoms with Crippen molar-refractivity contribution in [3.05, 3.63) is 35.4 Å². The Morgan fingerprint density at radius 3 is 2.71 bits per heavy atom. The lowest BCUT2D eigenvalue weighted by Gasteiger charge is -2.18. The van der Waals surface area contributed by atoms with E-state index in [1.807, 2.05) is 0 Å². The van der Waals surface area contributed by atoms with E-state index in [4.69, 9.17) is 5.11 Å². The van der Waals surface area contributed by atoms with Crippen molar-refractivity contribution in [1.29, 1.82) is 0 Å². The predicted octanol–water partition coefficient (Wildman–Crippen LogP) is 1.35. The van der Waals surface area contributed by atoms with Crippen LogP contribution in [0.15, 0.2) is 18.2 Å². The van der Waals surface area contributed by atoms with Crippen LogP contribution in [-0.2, 0) is 11.2 Å². The zero-order valence-electron chi connectivity index (χ0n) is 9.78. The summed E-state index contributed by atoms with van der Waals surface area (Å²) < 4.78 is 26.2. The molecule has 0 spiro atoms. The smallest absolute Gasteiger partial charge is 0.226 e. The number of hydrogen-bond acceptors (Lipinski definition) is 2. The summed E-state index contributed by atoms with van der Waals surface area (Å²) >= 11 is 0. The second kappa shape index (κ2) is 5.72. The third-order valence-electron chi connectivity index (χ3n) is 2.34. The van der Waals surface area contributed by atoms with E-state index >= 15 is 0 Å². The maximum Gasteiger partial charge on any atom is 0.226 e. The molecule has 0 heterocycles. The van der Waals surface area contributed by atoms with Crippen molar-refractivity contribution in [2.75, 3.05) is 13.6 Å². The number of benzene rings is 1. The average Bonchev–Trinajstić information content (AvgIpc) is 2.23. The summed E-state index contributed by atoms with van der Waals surface area (Å²) in [5.41, 5.74) is 0.0208. The summed E-state index contributed by atoms with van der Waals surface area (Å²) in [6.07, 6.45) is -0.867. The van der Waals surface area contributed by atoms with Crippen molar-refractivity contribution in [2.24, 2.45) is 0 Å². The highest BCUT2D eigenvalue weighted by atomic mass is 19.2. The summed E-state index contributed by atoms with van der Waals surface area (Å²) in [6, 6.07) is 3.73. The van der Waals surface area contributed by atoms with Gasteiger partial charge < -0.3 is 10.0 Å². The molecule has 0 saturated carbocycles. The maximum atomic E-state index is 13.3. The molecule has 94 valence electrons. The Balaban J connectivity index is 2.71. The molecule has 0 fully saturated rings. The molecule has 1 unspecified atom stereocenters. The molecule has 0 saturated heterocycles. The molecule has 0 radical (unpaired) electrons. The lowest BCUT2D eigenvalue weighted by Crippen LogP contribution is -2.34. The van der Waals surface area contributed by atoms with Gasteiger partial charge >= 0.3 is 0 Å². The van der Waals surface area contributed by atoms with Crippen molar-refractivity contribution in [2.45, 2.75) is 19.4 Å². The van der Waals surface area contributed by atoms with Gasteiger partial charge in [0, 0.05) is 19.2 Å². The fourth-order valence-corrected chi connectivity index (χ4v) is 1.48. The quantitative estimate of drug-likeness (QED) is 0.867. The number of hydrogen-bond donors (Lipinski definition) is 1. The highest BCUT2D eigenvalue weighted by molar-refractivity contribution is 5.78. The summed E-state index contributed by atoms with van der Waals surface area (Å²) in [4.78, 5) is 12.9. The SMILES string of the molecule is CC(O)CN(C)C(=O)Cc1cccc(F)c1F. The van der Waals surface area contributed by atoms with Crippen molar-refractivity contribution in [3.8, 4) is 0 Å². The van der Waals surface area contributed by atoms with E-state index in [1.54, 1.807) is 6.92 Å². The molecule has 0 aliphatic heterocycles. The monoisotopic (exact) mass is 243 g/mol. The van der Waals surface area contributed by atoms with Crippen LogP contribution in [0.1, 0.15) is 12.5 Å². The van der Waals surface area contributed by atoms with Gasteiger partial charge in [-0.15, -0.1) is 0 Å². The average molecular weight is 243 g/mol. The van der Waals surface area contributed by atoms with E-state index in [1.165, 1.54) is 24.1 Å². The summed E-state index contributed by atoms with van der Waals surface area (Å²) in [6.45, 7) is 1.71. The second-order valence-corrected chi connectivity index (χ2v) is 4.01. The minimum Gasteiger partial charge on any atom is -0.392 e. The number of aliphatic hydroxyl groups excluding tert-OH is 1. The number of aliphatic hydroxyl groups is 1. The largest absolute Gasteiger partial charge is 0.392 e. The normalized spacial score (nSPS) is 12.3. The Labute approximate surface area is 98.7 Å². The Morgan fingerprint density at radius 2 is 2.12 bits per heavy atom. The molecule has 0 aliphatic rings. The number of likely N-dealkylation sites (N-methyl/N-ethyl adjacent to an activating group) is 1. The van der Waals surface area contributed by atoms with Crippen LogP contribution in [0.3, 0.4) is 0 Å². The highest BCUT2D eigenvalue weighted by Gasteiger charge is 2.15. The zero-order valence-corrected chi connectivity index (χ0v) is 9.78. The minimum absolute atomic E-state index is 0.0208. The van der Waals surface area contributed by atoms with E-state index in [0.29, 0.717) is 0 Å². The molecule has 1 amide bonds. The topological polar surface area (TPSA) is 40.5 Å². The Kier molecular flexibility index (Phi) is 4.57. The predicted molar refractivity (Wildman–Crippen MR) is 59.4 cm³/mol. The van der Waals surface area contributed by atoms with Gasteiger partial charge in [0.05, 0.1) is 12.5 Å². The van der Waals surface area contributed by atoms with Crippen LogP contribution in [0.4, 0.5) is 8.78 Å². The first-order chi connectivity index (χ1) is 7.91. The van der Waals surface area contributed by atoms with E-state index in [9.17, 15) is 13.6 Å². The molecular formula is C12H15F2NO2. The first kappa shape index (κ1) is 13.6. The number of carbonyl (C=O) groups excluding carboxylic acids is 1. The summed E-state index contributed by atoms with van der Waals surface area (Å²) in [5.74, 6) is -2.32. The summed E-state index contributed by atoms with van der Waals surface area (Å²) in [5, 5.41) is 9.11. The minimum atomic E-state index is -0.994. The van der Waals surface area contributed by atoms with Gasteiger partial charge in [-0.25, -0.2) is 8.78 Å². The Hall–Kier alpha value is -1.49. The number of halogens is 2. The molecule has 0 bridgehead atoms. The number of amides is 1. The number of nitrogens with zero attached hydrogens (tertiary/aromatic N) is 1. The molecule has 1 atom stereocenters. The Morgan fingerprint density at radius 1 is 1.47 bits per heavy atom. The fourth-order valence-electron chi connectivity index (χ4n) is 1.48. The van der Waals surface area contributed by atoms with Crippen LogP contribution in [0.25, 0.3) is 0 Å². The van der Waals surface area contributed by atoms with Gasteiger partial charge in [-0.1, -0.05) is 12.1 Å². The molecule has 0 aromatic heterocycles. The lowest BCUT2D eigenvalue weighted by molar-refractivity contribution is -0.130. The number of carbonyl (C=O) groups is 1. The van der Waals surface area contributed by atoms with Crippen molar-refractivity contribution in [3.63, 3.8) is 0 Å². The molecule has 1 aromatic carbocycles. The van der Waals surface area contributed by atoms with Crippen LogP contribution in [0.2, 0.25) is 0 Å². The van der Waals surface area contributed by atoms with Gasteiger partial charge in [-0.3, -0.25) is 4.79 Å². The standard InChI is InChI=1S/C12H15F2NO2/c1-8(16)7-15(2)11(17)6-9-4-3-5-10(13)12(9)14/h3-5,8,16H,6-7H2,1-2H3. The zero-order chi connectivity index (χ0) is 13.0. The molecule has 5 heteroatoms. The van der Waals surface area contributed by atoms with Gasteiger partial charge in [-0.2, -0.15) is 0 Å². The molecule has 17 heavy (non-hydrogen) atoms. The second-order valence-electron chi connectivity index (χ2n) is 4.01. The third kappa shape index (κ3) is 3.78. The van der Waals surface area contributed by atoms with Gasteiger partial charge in [0.25, 0.3) is 0 Å². The van der Waals surface area contributed by atoms with Crippen LogP contribution < -0.4 is 0 Å². The highest BCUT2D eigenvalue weighted by Crippen LogP contribution is 2.12. The van der Waals surface area contributed by atoms with Crippen LogP contribution >= 0.6 is 0 Å². The van der Waals surface area contributed by atoms with E-state index < -0.39 is 17.7 Å². The van der Waals surface area contributed by atoms with E-state index in [2.05, 4.69) is 0 Å². The molecule has 1 aromatic rings. The van der Waals surface area contributed by atoms with Crippen LogP contribution in [-0.4, -0.2) is 35.6 Å². The Bertz CT molecular complexity index is 407. The van der Waals surface area contributed by atoms with Crippen molar-refractivity contribution in [1.82, 2.24) is 4.90 Å². The van der Waals surface area contributed by atoms with Gasteiger partial charge in [0.2, 0.25) is 5.91 Å². The van der Waals surface area contributed by atoms with E-state index in [-0.39, 0.29) is 24.4 Å². The molecule has 1 rings (SSSR count). The van der Waals surface area contributed by atoms with Gasteiger partial charge in [0.15, 0.2) is 11.6 Å². The molecule has 3 nitrogen and oxygen atoms in total. The third-order valence-corrected chi connectivity index (χ3v) is 2.34. The first-order valence-electron chi connectivity index (χ1n) is 5.26.